The topological polar surface area (TPSA) is 76.6 Å². The lowest BCUT2D eigenvalue weighted by Crippen LogP contribution is -2.26. The number of carbonyl (C=O) groups excluding carboxylic acids is 1. The molecule has 1 atom stereocenters. The van der Waals surface area contributed by atoms with Gasteiger partial charge < -0.3 is 24.0 Å². The van der Waals surface area contributed by atoms with Crippen LogP contribution in [0.2, 0.25) is 10.0 Å². The fourth-order valence-corrected chi connectivity index (χ4v) is 5.09. The van der Waals surface area contributed by atoms with Crippen molar-refractivity contribution < 1.29 is 45.7 Å². The van der Waals surface area contributed by atoms with Crippen LogP contribution in [0.1, 0.15) is 35.6 Å². The summed E-state index contributed by atoms with van der Waals surface area (Å²) in [5.41, 5.74) is -0.131. The van der Waals surface area contributed by atoms with Crippen LogP contribution in [0.3, 0.4) is 0 Å². The SMILES string of the molecule is O=C(Cn1ccc2ccc(C(F)(F)F)cc21)OC(Cc1c(Cl)c[n+]([O-])cc1Cl)c1ccc(OC(F)F)c(OCC2CC2)c1. The van der Waals surface area contributed by atoms with Crippen LogP contribution >= 0.6 is 23.2 Å². The Labute approximate surface area is 251 Å². The van der Waals surface area contributed by atoms with Crippen molar-refractivity contribution in [3.63, 3.8) is 0 Å². The normalized spacial score (nSPS) is 14.2. The van der Waals surface area contributed by atoms with E-state index in [9.17, 15) is 32.0 Å². The zero-order chi connectivity index (χ0) is 30.9. The summed E-state index contributed by atoms with van der Waals surface area (Å²) in [6.07, 6.45) is -0.370. The van der Waals surface area contributed by atoms with Gasteiger partial charge in [-0.3, -0.25) is 4.79 Å². The summed E-state index contributed by atoms with van der Waals surface area (Å²) in [6, 6.07) is 8.81. The summed E-state index contributed by atoms with van der Waals surface area (Å²) in [5.74, 6) is -0.751. The second kappa shape index (κ2) is 12.5. The van der Waals surface area contributed by atoms with Crippen molar-refractivity contribution in [1.82, 2.24) is 4.57 Å². The summed E-state index contributed by atoms with van der Waals surface area (Å²) in [5, 5.41) is 12.2. The van der Waals surface area contributed by atoms with E-state index in [2.05, 4.69) is 4.74 Å². The average Bonchev–Trinajstić information content (AvgIpc) is 3.67. The van der Waals surface area contributed by atoms with Crippen molar-refractivity contribution >= 4 is 40.1 Å². The van der Waals surface area contributed by atoms with Crippen molar-refractivity contribution in [2.24, 2.45) is 5.92 Å². The fourth-order valence-electron chi connectivity index (χ4n) is 4.49. The van der Waals surface area contributed by atoms with Gasteiger partial charge in [-0.05, 0) is 60.0 Å². The molecule has 0 saturated heterocycles. The van der Waals surface area contributed by atoms with Gasteiger partial charge in [0.25, 0.3) is 0 Å². The fraction of sp³-hybridized carbons (Fsp3) is 0.310. The summed E-state index contributed by atoms with van der Waals surface area (Å²) in [6.45, 7) is -3.29. The molecule has 0 amide bonds. The molecule has 0 bridgehead atoms. The molecule has 2 aromatic heterocycles. The van der Waals surface area contributed by atoms with E-state index in [-0.39, 0.29) is 51.6 Å². The van der Waals surface area contributed by atoms with Crippen LogP contribution in [0, 0.1) is 11.1 Å². The minimum absolute atomic E-state index is 0.00416. The van der Waals surface area contributed by atoms with Gasteiger partial charge in [0.1, 0.15) is 22.7 Å². The Morgan fingerprint density at radius 2 is 1.77 bits per heavy atom. The van der Waals surface area contributed by atoms with Crippen molar-refractivity contribution in [2.45, 2.75) is 44.7 Å². The molecular weight excluding hydrogens is 622 g/mol. The number of ether oxygens (including phenoxy) is 3. The van der Waals surface area contributed by atoms with Crippen LogP contribution in [0.5, 0.6) is 11.5 Å². The minimum atomic E-state index is -4.58. The van der Waals surface area contributed by atoms with E-state index in [4.69, 9.17) is 32.7 Å². The van der Waals surface area contributed by atoms with E-state index in [1.807, 2.05) is 0 Å². The average molecular weight is 645 g/mol. The molecule has 4 aromatic rings. The van der Waals surface area contributed by atoms with Gasteiger partial charge in [-0.2, -0.15) is 26.7 Å². The molecule has 0 radical (unpaired) electrons. The summed E-state index contributed by atoms with van der Waals surface area (Å²) >= 11 is 12.5. The standard InChI is InChI=1S/C29H23Cl2F5N2O5/c30-21-12-38(40)13-22(31)20(21)11-25(18-4-6-24(43-28(32)33)26(9-18)41-15-16-1-2-16)42-27(39)14-37-8-7-17-3-5-19(10-23(17)37)29(34,35)36/h3-10,12-13,16,25,28H,1-2,11,14-15H2. The number of esters is 1. The van der Waals surface area contributed by atoms with Crippen LogP contribution in [0.15, 0.2) is 61.1 Å². The molecule has 2 heterocycles. The van der Waals surface area contributed by atoms with Gasteiger partial charge in [0.15, 0.2) is 23.9 Å². The highest BCUT2D eigenvalue weighted by Crippen LogP contribution is 2.38. The van der Waals surface area contributed by atoms with Crippen LogP contribution in [0.25, 0.3) is 10.9 Å². The van der Waals surface area contributed by atoms with Gasteiger partial charge in [0, 0.05) is 23.7 Å². The van der Waals surface area contributed by atoms with E-state index < -0.39 is 37.0 Å². The quantitative estimate of drug-likeness (QED) is 0.0731. The minimum Gasteiger partial charge on any atom is -0.619 e. The molecule has 5 rings (SSSR count). The van der Waals surface area contributed by atoms with Crippen molar-refractivity contribution in [1.29, 1.82) is 0 Å². The highest BCUT2D eigenvalue weighted by molar-refractivity contribution is 6.35. The highest BCUT2D eigenvalue weighted by atomic mass is 35.5. The molecule has 0 spiro atoms. The first kappa shape index (κ1) is 30.7. The molecule has 0 N–H and O–H groups in total. The molecule has 7 nitrogen and oxygen atoms in total. The third-order valence-electron chi connectivity index (χ3n) is 6.85. The lowest BCUT2D eigenvalue weighted by atomic mass is 10.0. The molecule has 228 valence electrons. The zero-order valence-corrected chi connectivity index (χ0v) is 23.6. The molecule has 1 fully saturated rings. The second-order valence-corrected chi connectivity index (χ2v) is 10.8. The van der Waals surface area contributed by atoms with E-state index in [0.29, 0.717) is 15.7 Å². The first-order valence-electron chi connectivity index (χ1n) is 13.0. The van der Waals surface area contributed by atoms with Gasteiger partial charge in [0.05, 0.1) is 12.2 Å². The molecule has 1 aliphatic carbocycles. The summed E-state index contributed by atoms with van der Waals surface area (Å²) < 4.78 is 83.9. The van der Waals surface area contributed by atoms with Crippen LogP contribution in [0.4, 0.5) is 22.0 Å². The van der Waals surface area contributed by atoms with E-state index in [0.717, 1.165) is 37.4 Å². The lowest BCUT2D eigenvalue weighted by Gasteiger charge is -2.22. The van der Waals surface area contributed by atoms with Crippen LogP contribution in [-0.2, 0) is 28.7 Å². The van der Waals surface area contributed by atoms with Gasteiger partial charge in [-0.25, -0.2) is 0 Å². The van der Waals surface area contributed by atoms with E-state index >= 15 is 0 Å². The molecule has 43 heavy (non-hydrogen) atoms. The number of hydrogen-bond donors (Lipinski definition) is 0. The van der Waals surface area contributed by atoms with Gasteiger partial charge in [0.2, 0.25) is 0 Å². The number of aromatic nitrogens is 2. The molecule has 1 unspecified atom stereocenters. The predicted octanol–water partition coefficient (Wildman–Crippen LogP) is 7.52. The molecule has 2 aromatic carbocycles. The lowest BCUT2D eigenvalue weighted by molar-refractivity contribution is -0.605. The Morgan fingerprint density at radius 1 is 1.05 bits per heavy atom. The largest absolute Gasteiger partial charge is 0.619 e. The van der Waals surface area contributed by atoms with E-state index in [1.165, 1.54) is 35.0 Å². The van der Waals surface area contributed by atoms with Crippen molar-refractivity contribution in [2.75, 3.05) is 6.61 Å². The van der Waals surface area contributed by atoms with Gasteiger partial charge >= 0.3 is 18.8 Å². The number of fused-ring (bicyclic) bond motifs is 1. The Kier molecular flexibility index (Phi) is 8.89. The number of rotatable bonds is 11. The summed E-state index contributed by atoms with van der Waals surface area (Å²) in [7, 11) is 0. The summed E-state index contributed by atoms with van der Waals surface area (Å²) in [4.78, 5) is 13.2. The van der Waals surface area contributed by atoms with Crippen molar-refractivity contribution in [3.05, 3.63) is 93.0 Å². The number of hydrogen-bond acceptors (Lipinski definition) is 5. The Morgan fingerprint density at radius 3 is 2.42 bits per heavy atom. The first-order chi connectivity index (χ1) is 20.4. The maximum Gasteiger partial charge on any atom is 0.416 e. The number of benzene rings is 2. The third kappa shape index (κ3) is 7.61. The smallest absolute Gasteiger partial charge is 0.416 e. The van der Waals surface area contributed by atoms with Crippen LogP contribution < -0.4 is 14.2 Å². The van der Waals surface area contributed by atoms with Crippen molar-refractivity contribution in [3.8, 4) is 11.5 Å². The number of pyridine rings is 1. The monoisotopic (exact) mass is 644 g/mol. The maximum atomic E-state index is 13.3. The Balaban J connectivity index is 1.46. The predicted molar refractivity (Wildman–Crippen MR) is 146 cm³/mol. The third-order valence-corrected chi connectivity index (χ3v) is 7.50. The number of halogens is 7. The molecule has 1 aliphatic rings. The molecule has 1 saturated carbocycles. The Bertz CT molecular complexity index is 1620. The number of alkyl halides is 5. The first-order valence-corrected chi connectivity index (χ1v) is 13.8. The number of nitrogens with zero attached hydrogens (tertiary/aromatic N) is 2. The molecule has 0 aliphatic heterocycles. The Hall–Kier alpha value is -3.77. The molecular formula is C29H23Cl2F5N2O5. The second-order valence-electron chi connectivity index (χ2n) is 10.0. The highest BCUT2D eigenvalue weighted by Gasteiger charge is 2.31. The number of carbonyl (C=O) groups is 1. The zero-order valence-electron chi connectivity index (χ0n) is 22.1. The van der Waals surface area contributed by atoms with E-state index in [1.54, 1.807) is 6.07 Å². The maximum absolute atomic E-state index is 13.3. The van der Waals surface area contributed by atoms with Gasteiger partial charge in [-0.15, -0.1) is 0 Å². The van der Waals surface area contributed by atoms with Gasteiger partial charge in [-0.1, -0.05) is 35.3 Å². The molecule has 14 heteroatoms. The van der Waals surface area contributed by atoms with Crippen LogP contribution in [-0.4, -0.2) is 23.8 Å².